The largest absolute Gasteiger partial charge is 0.470 e. The molecule has 0 fully saturated rings. The minimum atomic E-state index is 0.615. The summed E-state index contributed by atoms with van der Waals surface area (Å²) in [5.74, 6) is 0. The molecular weight excluding hydrogens is 130 g/mol. The van der Waals surface area contributed by atoms with Crippen molar-refractivity contribution in [3.05, 3.63) is 18.7 Å². The van der Waals surface area contributed by atoms with Gasteiger partial charge in [-0.1, -0.05) is 0 Å². The highest BCUT2D eigenvalue weighted by atomic mass is 16.3. The van der Waals surface area contributed by atoms with Gasteiger partial charge < -0.3 is 9.40 Å². The molecule has 0 saturated carbocycles. The molecule has 2 heterocycles. The Bertz CT molecular complexity index is 360. The van der Waals surface area contributed by atoms with Crippen LogP contribution in [0.3, 0.4) is 0 Å². The van der Waals surface area contributed by atoms with E-state index in [1.165, 1.54) is 0 Å². The highest BCUT2D eigenvalue weighted by Crippen LogP contribution is 2.25. The van der Waals surface area contributed by atoms with Crippen molar-refractivity contribution >= 4 is 16.6 Å². The van der Waals surface area contributed by atoms with Gasteiger partial charge in [-0.3, -0.25) is 0 Å². The molecule has 0 aliphatic carbocycles. The average Bonchev–Trinajstić information content (AvgIpc) is 2.44. The van der Waals surface area contributed by atoms with Crippen LogP contribution in [-0.2, 0) is 0 Å². The number of fused-ring (bicyclic) bond motifs is 1. The molecule has 0 amide bonds. The number of nitrogens with one attached hydrogen (secondary N) is 2. The van der Waals surface area contributed by atoms with E-state index in [-0.39, 0.29) is 0 Å². The maximum Gasteiger partial charge on any atom is 0.114 e. The molecule has 50 valence electrons. The first-order valence-corrected chi connectivity index (χ1v) is 2.82. The number of nitrogens with zero attached hydrogens (tertiary/aromatic N) is 1. The minimum Gasteiger partial charge on any atom is -0.470 e. The second kappa shape index (κ2) is 1.70. The van der Waals surface area contributed by atoms with Gasteiger partial charge in [0.2, 0.25) is 0 Å². The fraction of sp³-hybridized carbons (Fsp3) is 0. The molecule has 0 saturated heterocycles. The maximum absolute atomic E-state index is 6.74. The topological polar surface area (TPSA) is 65.1 Å². The van der Waals surface area contributed by atoms with E-state index in [1.54, 1.807) is 18.7 Å². The molecule has 4 heteroatoms. The van der Waals surface area contributed by atoms with E-state index >= 15 is 0 Å². The standard InChI is InChI=1S/C6H5N3O/c7-9-5-1-8-6-3-10-2-4(5)6/h1-3,7-8H. The summed E-state index contributed by atoms with van der Waals surface area (Å²) in [6.07, 6.45) is 4.83. The van der Waals surface area contributed by atoms with Gasteiger partial charge in [0.05, 0.1) is 10.9 Å². The van der Waals surface area contributed by atoms with Crippen LogP contribution in [0, 0.1) is 5.53 Å². The summed E-state index contributed by atoms with van der Waals surface area (Å²) in [5, 5.41) is 4.15. The average molecular weight is 135 g/mol. The smallest absolute Gasteiger partial charge is 0.114 e. The second-order valence-electron chi connectivity index (χ2n) is 1.98. The van der Waals surface area contributed by atoms with Gasteiger partial charge in [-0.05, 0) is 0 Å². The quantitative estimate of drug-likeness (QED) is 0.579. The lowest BCUT2D eigenvalue weighted by atomic mass is 10.4. The Morgan fingerprint density at radius 3 is 3.20 bits per heavy atom. The van der Waals surface area contributed by atoms with Crippen LogP contribution >= 0.6 is 0 Å². The highest BCUT2D eigenvalue weighted by molar-refractivity contribution is 5.89. The lowest BCUT2D eigenvalue weighted by Gasteiger charge is -1.75. The monoisotopic (exact) mass is 135 g/mol. The van der Waals surface area contributed by atoms with Crippen LogP contribution in [0.15, 0.2) is 28.3 Å². The lowest BCUT2D eigenvalue weighted by molar-refractivity contribution is 0.571. The van der Waals surface area contributed by atoms with Gasteiger partial charge >= 0.3 is 0 Å². The molecule has 0 unspecified atom stereocenters. The van der Waals surface area contributed by atoms with E-state index in [0.29, 0.717) is 5.69 Å². The first kappa shape index (κ1) is 5.22. The summed E-state index contributed by atoms with van der Waals surface area (Å²) in [6, 6.07) is 0. The van der Waals surface area contributed by atoms with Crippen molar-refractivity contribution in [2.75, 3.05) is 0 Å². The fourth-order valence-electron chi connectivity index (χ4n) is 0.924. The van der Waals surface area contributed by atoms with Gasteiger partial charge in [0.15, 0.2) is 0 Å². The van der Waals surface area contributed by atoms with Gasteiger partial charge in [0, 0.05) is 6.20 Å². The highest BCUT2D eigenvalue weighted by Gasteiger charge is 2.02. The van der Waals surface area contributed by atoms with Gasteiger partial charge in [0.1, 0.15) is 18.2 Å². The Hall–Kier alpha value is -1.58. The first-order chi connectivity index (χ1) is 4.92. The molecule has 0 aromatic carbocycles. The molecule has 0 aliphatic heterocycles. The Morgan fingerprint density at radius 2 is 2.40 bits per heavy atom. The molecule has 2 aromatic rings. The molecule has 10 heavy (non-hydrogen) atoms. The molecule has 2 N–H and O–H groups in total. The summed E-state index contributed by atoms with van der Waals surface area (Å²) < 4.78 is 4.87. The molecule has 0 atom stereocenters. The first-order valence-electron chi connectivity index (χ1n) is 2.82. The van der Waals surface area contributed by atoms with Crippen LogP contribution in [0.2, 0.25) is 0 Å². The van der Waals surface area contributed by atoms with Crippen LogP contribution in [0.1, 0.15) is 0 Å². The molecule has 0 bridgehead atoms. The summed E-state index contributed by atoms with van der Waals surface area (Å²) in [5.41, 5.74) is 8.24. The van der Waals surface area contributed by atoms with Crippen molar-refractivity contribution in [3.8, 4) is 0 Å². The number of H-pyrrole nitrogens is 1. The van der Waals surface area contributed by atoms with E-state index in [0.717, 1.165) is 10.9 Å². The van der Waals surface area contributed by atoms with Crippen molar-refractivity contribution < 1.29 is 4.42 Å². The van der Waals surface area contributed by atoms with Crippen molar-refractivity contribution in [3.63, 3.8) is 0 Å². The SMILES string of the molecule is N=Nc1c[nH]c2cocc12. The van der Waals surface area contributed by atoms with Crippen molar-refractivity contribution in [1.29, 1.82) is 5.53 Å². The van der Waals surface area contributed by atoms with E-state index in [9.17, 15) is 0 Å². The van der Waals surface area contributed by atoms with Gasteiger partial charge in [-0.2, -0.15) is 5.11 Å². The number of hydrogen-bond donors (Lipinski definition) is 2. The Kier molecular flexibility index (Phi) is 0.887. The van der Waals surface area contributed by atoms with E-state index in [2.05, 4.69) is 10.1 Å². The molecule has 4 nitrogen and oxygen atoms in total. The van der Waals surface area contributed by atoms with E-state index < -0.39 is 0 Å². The number of hydrogen-bond acceptors (Lipinski definition) is 3. The van der Waals surface area contributed by atoms with Gasteiger partial charge in [-0.15, -0.1) is 0 Å². The fourth-order valence-corrected chi connectivity index (χ4v) is 0.924. The van der Waals surface area contributed by atoms with Gasteiger partial charge in [-0.25, -0.2) is 5.53 Å². The number of furan rings is 1. The summed E-state index contributed by atoms with van der Waals surface area (Å²) in [7, 11) is 0. The third-order valence-corrected chi connectivity index (χ3v) is 1.42. The molecule has 0 spiro atoms. The molecule has 0 aliphatic rings. The Balaban J connectivity index is 2.88. The minimum absolute atomic E-state index is 0.615. The van der Waals surface area contributed by atoms with Crippen LogP contribution in [0.5, 0.6) is 0 Å². The third-order valence-electron chi connectivity index (χ3n) is 1.42. The third kappa shape index (κ3) is 0.500. The second-order valence-corrected chi connectivity index (χ2v) is 1.98. The molecule has 2 rings (SSSR count). The van der Waals surface area contributed by atoms with E-state index in [1.807, 2.05) is 0 Å². The lowest BCUT2D eigenvalue weighted by Crippen LogP contribution is -1.49. The maximum atomic E-state index is 6.74. The molecular formula is C6H5N3O. The van der Waals surface area contributed by atoms with Crippen LogP contribution in [0.25, 0.3) is 10.9 Å². The van der Waals surface area contributed by atoms with Crippen LogP contribution < -0.4 is 0 Å². The van der Waals surface area contributed by atoms with E-state index in [4.69, 9.17) is 9.95 Å². The predicted molar refractivity (Wildman–Crippen MR) is 35.4 cm³/mol. The number of aromatic nitrogens is 1. The Morgan fingerprint density at radius 1 is 1.50 bits per heavy atom. The van der Waals surface area contributed by atoms with Crippen LogP contribution in [-0.4, -0.2) is 4.98 Å². The molecule has 2 aromatic heterocycles. The summed E-state index contributed by atoms with van der Waals surface area (Å²) >= 11 is 0. The predicted octanol–water partition coefficient (Wildman–Crippen LogP) is 2.42. The zero-order chi connectivity index (χ0) is 6.97. The normalized spacial score (nSPS) is 10.4. The summed E-state index contributed by atoms with van der Waals surface area (Å²) in [4.78, 5) is 2.91. The van der Waals surface area contributed by atoms with Gasteiger partial charge in [0.25, 0.3) is 0 Å². The van der Waals surface area contributed by atoms with Crippen LogP contribution in [0.4, 0.5) is 5.69 Å². The van der Waals surface area contributed by atoms with Crippen molar-refractivity contribution in [2.45, 2.75) is 0 Å². The summed E-state index contributed by atoms with van der Waals surface area (Å²) in [6.45, 7) is 0. The Labute approximate surface area is 56.4 Å². The molecule has 0 radical (unpaired) electrons. The zero-order valence-corrected chi connectivity index (χ0v) is 5.09. The zero-order valence-electron chi connectivity index (χ0n) is 5.09. The number of rotatable bonds is 1. The van der Waals surface area contributed by atoms with Crippen molar-refractivity contribution in [1.82, 2.24) is 4.98 Å². The number of aromatic amines is 1. The van der Waals surface area contributed by atoms with Crippen molar-refractivity contribution in [2.24, 2.45) is 5.11 Å².